The van der Waals surface area contributed by atoms with Crippen LogP contribution in [-0.2, 0) is 0 Å². The van der Waals surface area contributed by atoms with Gasteiger partial charge < -0.3 is 10.2 Å². The molecule has 1 aromatic rings. The number of hydrogen-bond donors (Lipinski definition) is 1. The molecule has 1 N–H and O–H groups in total. The van der Waals surface area contributed by atoms with Crippen LogP contribution >= 0.6 is 0 Å². The van der Waals surface area contributed by atoms with Gasteiger partial charge in [-0.25, -0.2) is 4.98 Å². The van der Waals surface area contributed by atoms with Crippen molar-refractivity contribution in [1.82, 2.24) is 9.88 Å². The fourth-order valence-electron chi connectivity index (χ4n) is 2.67. The van der Waals surface area contributed by atoms with Crippen molar-refractivity contribution in [2.45, 2.75) is 46.5 Å². The average Bonchev–Trinajstić information content (AvgIpc) is 2.53. The number of anilines is 1. The number of piperidine rings is 1. The van der Waals surface area contributed by atoms with Crippen LogP contribution in [0, 0.1) is 5.41 Å². The Morgan fingerprint density at radius 1 is 1.33 bits per heavy atom. The van der Waals surface area contributed by atoms with Crippen molar-refractivity contribution in [2.24, 2.45) is 5.41 Å². The van der Waals surface area contributed by atoms with E-state index in [4.69, 9.17) is 0 Å². The zero-order chi connectivity index (χ0) is 15.3. The first-order valence-electron chi connectivity index (χ1n) is 8.08. The minimum Gasteiger partial charge on any atom is -0.370 e. The molecule has 0 atom stereocenters. The third-order valence-corrected chi connectivity index (χ3v) is 4.64. The average molecular weight is 289 g/mol. The lowest BCUT2D eigenvalue weighted by Gasteiger charge is -2.38. The quantitative estimate of drug-likeness (QED) is 0.901. The highest BCUT2D eigenvalue weighted by Crippen LogP contribution is 2.34. The minimum absolute atomic E-state index is 0.0632. The number of amides is 1. The van der Waals surface area contributed by atoms with Crippen LogP contribution in [0.3, 0.4) is 0 Å². The number of carbonyl (C=O) groups excluding carboxylic acids is 1. The first-order chi connectivity index (χ1) is 10.1. The van der Waals surface area contributed by atoms with Crippen LogP contribution in [0.15, 0.2) is 18.2 Å². The van der Waals surface area contributed by atoms with Crippen LogP contribution < -0.4 is 5.32 Å². The van der Waals surface area contributed by atoms with Gasteiger partial charge in [0.05, 0.1) is 0 Å². The fourth-order valence-corrected chi connectivity index (χ4v) is 2.67. The van der Waals surface area contributed by atoms with E-state index in [1.54, 1.807) is 0 Å². The summed E-state index contributed by atoms with van der Waals surface area (Å²) in [5.41, 5.74) is 0.950. The second-order valence-corrected chi connectivity index (χ2v) is 6.29. The molecular formula is C17H27N3O. The summed E-state index contributed by atoms with van der Waals surface area (Å²) in [7, 11) is 0. The Kier molecular flexibility index (Phi) is 5.21. The minimum atomic E-state index is 0.0632. The molecule has 2 heterocycles. The second kappa shape index (κ2) is 6.92. The molecule has 4 nitrogen and oxygen atoms in total. The number of pyridine rings is 1. The number of likely N-dealkylation sites (tertiary alicyclic amines) is 1. The molecule has 2 rings (SSSR count). The summed E-state index contributed by atoms with van der Waals surface area (Å²) in [6, 6.07) is 5.63. The van der Waals surface area contributed by atoms with Crippen molar-refractivity contribution in [3.63, 3.8) is 0 Å². The fraction of sp³-hybridized carbons (Fsp3) is 0.647. The summed E-state index contributed by atoms with van der Waals surface area (Å²) in [4.78, 5) is 18.9. The molecule has 21 heavy (non-hydrogen) atoms. The third kappa shape index (κ3) is 3.96. The van der Waals surface area contributed by atoms with E-state index in [1.807, 2.05) is 23.1 Å². The van der Waals surface area contributed by atoms with E-state index in [9.17, 15) is 4.79 Å². The first kappa shape index (κ1) is 15.8. The highest BCUT2D eigenvalue weighted by molar-refractivity contribution is 5.92. The molecule has 116 valence electrons. The van der Waals surface area contributed by atoms with Crippen molar-refractivity contribution in [2.75, 3.05) is 25.0 Å². The second-order valence-electron chi connectivity index (χ2n) is 6.29. The molecule has 1 aromatic heterocycles. The standard InChI is InChI=1S/C17H27N3O/c1-4-11-18-15-8-6-7-14(19-15)16(21)20-12-9-17(3,5-2)10-13-20/h6-8H,4-5,9-13H2,1-3H3,(H,18,19). The molecule has 0 spiro atoms. The highest BCUT2D eigenvalue weighted by Gasteiger charge is 2.30. The Morgan fingerprint density at radius 3 is 2.67 bits per heavy atom. The molecule has 0 unspecified atom stereocenters. The summed E-state index contributed by atoms with van der Waals surface area (Å²) >= 11 is 0. The number of carbonyl (C=O) groups is 1. The van der Waals surface area contributed by atoms with E-state index in [2.05, 4.69) is 31.1 Å². The molecule has 0 saturated carbocycles. The molecule has 1 aliphatic rings. The molecule has 0 aliphatic carbocycles. The van der Waals surface area contributed by atoms with Crippen LogP contribution in [0.4, 0.5) is 5.82 Å². The highest BCUT2D eigenvalue weighted by atomic mass is 16.2. The summed E-state index contributed by atoms with van der Waals surface area (Å²) in [6.45, 7) is 9.24. The zero-order valence-electron chi connectivity index (χ0n) is 13.5. The Bertz CT molecular complexity index is 479. The predicted molar refractivity (Wildman–Crippen MR) is 86.6 cm³/mol. The molecule has 0 aromatic carbocycles. The zero-order valence-corrected chi connectivity index (χ0v) is 13.5. The van der Waals surface area contributed by atoms with Gasteiger partial charge in [0, 0.05) is 19.6 Å². The van der Waals surface area contributed by atoms with Crippen molar-refractivity contribution in [1.29, 1.82) is 0 Å². The van der Waals surface area contributed by atoms with Crippen LogP contribution in [-0.4, -0.2) is 35.4 Å². The van der Waals surface area contributed by atoms with Gasteiger partial charge in [0.25, 0.3) is 5.91 Å². The van der Waals surface area contributed by atoms with Gasteiger partial charge in [0.2, 0.25) is 0 Å². The van der Waals surface area contributed by atoms with Gasteiger partial charge in [-0.2, -0.15) is 0 Å². The van der Waals surface area contributed by atoms with E-state index < -0.39 is 0 Å². The number of nitrogens with one attached hydrogen (secondary N) is 1. The molecule has 1 saturated heterocycles. The van der Waals surface area contributed by atoms with Crippen molar-refractivity contribution in [3.8, 4) is 0 Å². The maximum Gasteiger partial charge on any atom is 0.272 e. The van der Waals surface area contributed by atoms with E-state index >= 15 is 0 Å². The van der Waals surface area contributed by atoms with Crippen molar-refractivity contribution in [3.05, 3.63) is 23.9 Å². The normalized spacial score (nSPS) is 17.6. The number of nitrogens with zero attached hydrogens (tertiary/aromatic N) is 2. The van der Waals surface area contributed by atoms with E-state index in [-0.39, 0.29) is 5.91 Å². The number of aromatic nitrogens is 1. The molecule has 1 fully saturated rings. The van der Waals surface area contributed by atoms with Gasteiger partial charge >= 0.3 is 0 Å². The Morgan fingerprint density at radius 2 is 2.05 bits per heavy atom. The molecule has 1 aliphatic heterocycles. The largest absolute Gasteiger partial charge is 0.370 e. The topological polar surface area (TPSA) is 45.2 Å². The predicted octanol–water partition coefficient (Wildman–Crippen LogP) is 3.56. The molecule has 0 bridgehead atoms. The van der Waals surface area contributed by atoms with Gasteiger partial charge in [0.15, 0.2) is 0 Å². The molecular weight excluding hydrogens is 262 g/mol. The SMILES string of the molecule is CCCNc1cccc(C(=O)N2CCC(C)(CC)CC2)n1. The summed E-state index contributed by atoms with van der Waals surface area (Å²) in [5.74, 6) is 0.853. The van der Waals surface area contributed by atoms with E-state index in [0.717, 1.165) is 44.7 Å². The maximum absolute atomic E-state index is 12.6. The number of hydrogen-bond acceptors (Lipinski definition) is 3. The lowest BCUT2D eigenvalue weighted by atomic mass is 9.78. The van der Waals surface area contributed by atoms with Crippen molar-refractivity contribution < 1.29 is 4.79 Å². The third-order valence-electron chi connectivity index (χ3n) is 4.64. The number of rotatable bonds is 5. The van der Waals surface area contributed by atoms with E-state index in [1.165, 1.54) is 6.42 Å². The van der Waals surface area contributed by atoms with Crippen LogP contribution in [0.2, 0.25) is 0 Å². The van der Waals surface area contributed by atoms with Crippen LogP contribution in [0.5, 0.6) is 0 Å². The first-order valence-corrected chi connectivity index (χ1v) is 8.08. The van der Waals surface area contributed by atoms with Crippen LogP contribution in [0.1, 0.15) is 56.9 Å². The maximum atomic E-state index is 12.6. The Balaban J connectivity index is 2.00. The van der Waals surface area contributed by atoms with Gasteiger partial charge in [-0.15, -0.1) is 0 Å². The lowest BCUT2D eigenvalue weighted by Crippen LogP contribution is -2.42. The Hall–Kier alpha value is -1.58. The van der Waals surface area contributed by atoms with Crippen molar-refractivity contribution >= 4 is 11.7 Å². The lowest BCUT2D eigenvalue weighted by molar-refractivity contribution is 0.0595. The molecule has 4 heteroatoms. The van der Waals surface area contributed by atoms with Gasteiger partial charge in [0.1, 0.15) is 11.5 Å². The summed E-state index contributed by atoms with van der Waals surface area (Å²) < 4.78 is 0. The van der Waals surface area contributed by atoms with Gasteiger partial charge in [-0.1, -0.05) is 33.3 Å². The molecule has 1 amide bonds. The molecule has 0 radical (unpaired) electrons. The van der Waals surface area contributed by atoms with Crippen LogP contribution in [0.25, 0.3) is 0 Å². The Labute approximate surface area is 127 Å². The van der Waals surface area contributed by atoms with Gasteiger partial charge in [-0.3, -0.25) is 4.79 Å². The summed E-state index contributed by atoms with van der Waals surface area (Å²) in [6.07, 6.45) is 4.40. The van der Waals surface area contributed by atoms with Gasteiger partial charge in [-0.05, 0) is 36.8 Å². The van der Waals surface area contributed by atoms with E-state index in [0.29, 0.717) is 11.1 Å². The summed E-state index contributed by atoms with van der Waals surface area (Å²) in [5, 5.41) is 3.23. The monoisotopic (exact) mass is 289 g/mol. The smallest absolute Gasteiger partial charge is 0.272 e.